The molecule has 1 aromatic heterocycles. The molecule has 2 rings (SSSR count). The highest BCUT2D eigenvalue weighted by Crippen LogP contribution is 2.23. The molecule has 6 heteroatoms. The van der Waals surface area contributed by atoms with Crippen LogP contribution in [-0.2, 0) is 6.54 Å². The van der Waals surface area contributed by atoms with Crippen LogP contribution >= 0.6 is 15.9 Å². The Balaban J connectivity index is 2.41. The molecule has 2 aromatic rings. The summed E-state index contributed by atoms with van der Waals surface area (Å²) in [6.07, 6.45) is 1.33. The summed E-state index contributed by atoms with van der Waals surface area (Å²) in [7, 11) is 1.56. The van der Waals surface area contributed by atoms with Gasteiger partial charge in [-0.15, -0.1) is 0 Å². The van der Waals surface area contributed by atoms with Gasteiger partial charge in [0.25, 0.3) is 5.56 Å². The summed E-state index contributed by atoms with van der Waals surface area (Å²) in [6, 6.07) is 7.95. The number of pyridine rings is 1. The van der Waals surface area contributed by atoms with E-state index >= 15 is 0 Å². The Labute approximate surface area is 123 Å². The van der Waals surface area contributed by atoms with E-state index in [4.69, 9.17) is 9.84 Å². The van der Waals surface area contributed by atoms with E-state index < -0.39 is 5.97 Å². The van der Waals surface area contributed by atoms with E-state index in [1.807, 2.05) is 6.07 Å². The highest BCUT2D eigenvalue weighted by Gasteiger charge is 2.08. The van der Waals surface area contributed by atoms with Crippen LogP contribution in [-0.4, -0.2) is 22.8 Å². The fourth-order valence-electron chi connectivity index (χ4n) is 1.76. The maximum Gasteiger partial charge on any atom is 0.337 e. The zero-order chi connectivity index (χ0) is 14.7. The Morgan fingerprint density at radius 3 is 2.75 bits per heavy atom. The molecular formula is C14H12BrNO4. The standard InChI is InChI=1S/C14H12BrNO4/c1-20-11-3-4-12(15)10(6-11)8-16-7-9(14(18)19)2-5-13(16)17/h2-7H,8H2,1H3,(H,18,19). The van der Waals surface area contributed by atoms with Gasteiger partial charge in [0.1, 0.15) is 5.75 Å². The number of hydrogen-bond donors (Lipinski definition) is 1. The van der Waals surface area contributed by atoms with Gasteiger partial charge in [-0.25, -0.2) is 4.79 Å². The van der Waals surface area contributed by atoms with Gasteiger partial charge in [-0.05, 0) is 29.8 Å². The number of halogens is 1. The molecule has 0 atom stereocenters. The maximum absolute atomic E-state index is 11.8. The zero-order valence-electron chi connectivity index (χ0n) is 10.7. The van der Waals surface area contributed by atoms with Gasteiger partial charge in [0.2, 0.25) is 0 Å². The first-order valence-corrected chi connectivity index (χ1v) is 6.57. The second-order valence-electron chi connectivity index (χ2n) is 4.15. The van der Waals surface area contributed by atoms with Crippen molar-refractivity contribution in [1.82, 2.24) is 4.57 Å². The molecule has 0 aliphatic carbocycles. The van der Waals surface area contributed by atoms with E-state index in [0.717, 1.165) is 10.0 Å². The Morgan fingerprint density at radius 2 is 2.10 bits per heavy atom. The van der Waals surface area contributed by atoms with Crippen molar-refractivity contribution in [2.24, 2.45) is 0 Å². The summed E-state index contributed by atoms with van der Waals surface area (Å²) in [5.41, 5.74) is 0.641. The lowest BCUT2D eigenvalue weighted by Crippen LogP contribution is -2.20. The van der Waals surface area contributed by atoms with Crippen molar-refractivity contribution in [1.29, 1.82) is 0 Å². The smallest absolute Gasteiger partial charge is 0.337 e. The number of benzene rings is 1. The average molecular weight is 338 g/mol. The number of aromatic nitrogens is 1. The first-order valence-electron chi connectivity index (χ1n) is 5.77. The van der Waals surface area contributed by atoms with Crippen LogP contribution < -0.4 is 10.3 Å². The number of carbonyl (C=O) groups is 1. The van der Waals surface area contributed by atoms with Crippen molar-refractivity contribution in [3.63, 3.8) is 0 Å². The van der Waals surface area contributed by atoms with E-state index in [1.165, 1.54) is 22.9 Å². The largest absolute Gasteiger partial charge is 0.497 e. The first kappa shape index (κ1) is 14.3. The highest BCUT2D eigenvalue weighted by molar-refractivity contribution is 9.10. The third-order valence-electron chi connectivity index (χ3n) is 2.82. The molecule has 1 N–H and O–H groups in total. The summed E-state index contributed by atoms with van der Waals surface area (Å²) in [5, 5.41) is 8.96. The van der Waals surface area contributed by atoms with Crippen LogP contribution in [0.3, 0.4) is 0 Å². The lowest BCUT2D eigenvalue weighted by atomic mass is 10.2. The number of rotatable bonds is 4. The Morgan fingerprint density at radius 1 is 1.35 bits per heavy atom. The zero-order valence-corrected chi connectivity index (χ0v) is 12.3. The minimum Gasteiger partial charge on any atom is -0.497 e. The predicted octanol–water partition coefficient (Wildman–Crippen LogP) is 2.37. The number of hydrogen-bond acceptors (Lipinski definition) is 3. The van der Waals surface area contributed by atoms with E-state index in [2.05, 4.69) is 15.9 Å². The van der Waals surface area contributed by atoms with Crippen LogP contribution in [0.15, 0.2) is 45.8 Å². The number of ether oxygens (including phenoxy) is 1. The van der Waals surface area contributed by atoms with Crippen molar-refractivity contribution in [2.75, 3.05) is 7.11 Å². The van der Waals surface area contributed by atoms with Crippen LogP contribution in [0.25, 0.3) is 0 Å². The summed E-state index contributed by atoms with van der Waals surface area (Å²) < 4.78 is 7.31. The number of nitrogens with zero attached hydrogens (tertiary/aromatic N) is 1. The van der Waals surface area contributed by atoms with Gasteiger partial charge in [0.15, 0.2) is 0 Å². The van der Waals surface area contributed by atoms with Crippen molar-refractivity contribution in [3.05, 3.63) is 62.5 Å². The highest BCUT2D eigenvalue weighted by atomic mass is 79.9. The number of carboxylic acids is 1. The van der Waals surface area contributed by atoms with Crippen molar-refractivity contribution >= 4 is 21.9 Å². The summed E-state index contributed by atoms with van der Waals surface area (Å²) in [5.74, 6) is -0.394. The Bertz CT molecular complexity index is 709. The van der Waals surface area contributed by atoms with E-state index in [0.29, 0.717) is 5.75 Å². The summed E-state index contributed by atoms with van der Waals surface area (Å²) in [4.78, 5) is 22.7. The van der Waals surface area contributed by atoms with Crippen molar-refractivity contribution < 1.29 is 14.6 Å². The molecular weight excluding hydrogens is 326 g/mol. The molecule has 0 spiro atoms. The van der Waals surface area contributed by atoms with Gasteiger partial charge >= 0.3 is 5.97 Å². The molecule has 0 saturated heterocycles. The third-order valence-corrected chi connectivity index (χ3v) is 3.60. The maximum atomic E-state index is 11.8. The summed E-state index contributed by atoms with van der Waals surface area (Å²) in [6.45, 7) is 0.262. The van der Waals surface area contributed by atoms with Crippen LogP contribution in [0, 0.1) is 0 Å². The lowest BCUT2D eigenvalue weighted by molar-refractivity contribution is 0.0696. The Kier molecular flexibility index (Phi) is 4.24. The van der Waals surface area contributed by atoms with Crippen molar-refractivity contribution in [3.8, 4) is 5.75 Å². The number of methoxy groups -OCH3 is 1. The third kappa shape index (κ3) is 3.08. The SMILES string of the molecule is COc1ccc(Br)c(Cn2cc(C(=O)O)ccc2=O)c1. The predicted molar refractivity (Wildman–Crippen MR) is 77.5 cm³/mol. The molecule has 0 bridgehead atoms. The fraction of sp³-hybridized carbons (Fsp3) is 0.143. The van der Waals surface area contributed by atoms with Crippen LogP contribution in [0.4, 0.5) is 0 Å². The molecule has 0 fully saturated rings. The molecule has 0 aliphatic rings. The molecule has 5 nitrogen and oxygen atoms in total. The van der Waals surface area contributed by atoms with Gasteiger partial charge in [-0.3, -0.25) is 4.79 Å². The molecule has 0 unspecified atom stereocenters. The number of carboxylic acid groups (broad SMARTS) is 1. The molecule has 1 heterocycles. The first-order chi connectivity index (χ1) is 9.51. The molecule has 0 radical (unpaired) electrons. The van der Waals surface area contributed by atoms with Gasteiger partial charge in [0, 0.05) is 16.7 Å². The average Bonchev–Trinajstić information content (AvgIpc) is 2.43. The minimum absolute atomic E-state index is 0.0728. The number of aromatic carboxylic acids is 1. The van der Waals surface area contributed by atoms with Gasteiger partial charge in [-0.2, -0.15) is 0 Å². The quantitative estimate of drug-likeness (QED) is 0.929. The second kappa shape index (κ2) is 5.92. The summed E-state index contributed by atoms with van der Waals surface area (Å²) >= 11 is 3.40. The molecule has 0 aliphatic heterocycles. The van der Waals surface area contributed by atoms with E-state index in [9.17, 15) is 9.59 Å². The van der Waals surface area contributed by atoms with Gasteiger partial charge < -0.3 is 14.4 Å². The van der Waals surface area contributed by atoms with E-state index in [1.54, 1.807) is 19.2 Å². The topological polar surface area (TPSA) is 68.5 Å². The van der Waals surface area contributed by atoms with Crippen molar-refractivity contribution in [2.45, 2.75) is 6.54 Å². The second-order valence-corrected chi connectivity index (χ2v) is 5.00. The lowest BCUT2D eigenvalue weighted by Gasteiger charge is -2.10. The molecule has 104 valence electrons. The molecule has 20 heavy (non-hydrogen) atoms. The minimum atomic E-state index is -1.07. The van der Waals surface area contributed by atoms with Gasteiger partial charge in [-0.1, -0.05) is 15.9 Å². The van der Waals surface area contributed by atoms with Crippen LogP contribution in [0.1, 0.15) is 15.9 Å². The Hall–Kier alpha value is -2.08. The van der Waals surface area contributed by atoms with Gasteiger partial charge in [0.05, 0.1) is 19.2 Å². The molecule has 0 saturated carbocycles. The molecule has 1 aromatic carbocycles. The molecule has 0 amide bonds. The van der Waals surface area contributed by atoms with Crippen LogP contribution in [0.5, 0.6) is 5.75 Å². The monoisotopic (exact) mass is 337 g/mol. The fourth-order valence-corrected chi connectivity index (χ4v) is 2.14. The van der Waals surface area contributed by atoms with E-state index in [-0.39, 0.29) is 17.7 Å². The van der Waals surface area contributed by atoms with Crippen LogP contribution in [0.2, 0.25) is 0 Å². The normalized spacial score (nSPS) is 10.3.